The average molecular weight is 578 g/mol. The summed E-state index contributed by atoms with van der Waals surface area (Å²) in [4.78, 5) is 41.3. The van der Waals surface area contributed by atoms with Crippen LogP contribution in [0.1, 0.15) is 46.4 Å². The number of guanidine groups is 1. The highest BCUT2D eigenvalue weighted by molar-refractivity contribution is 6.09. The average Bonchev–Trinajstić information content (AvgIpc) is 3.40. The van der Waals surface area contributed by atoms with Gasteiger partial charge in [0.25, 0.3) is 5.91 Å². The number of carboxylic acids is 1. The van der Waals surface area contributed by atoms with Gasteiger partial charge in [-0.1, -0.05) is 13.0 Å². The Balaban J connectivity index is 1.48. The minimum Gasteiger partial charge on any atom is -0.481 e. The lowest BCUT2D eigenvalue weighted by Gasteiger charge is -2.20. The van der Waals surface area contributed by atoms with Crippen molar-refractivity contribution in [2.75, 3.05) is 25.0 Å². The van der Waals surface area contributed by atoms with Crippen molar-refractivity contribution in [3.63, 3.8) is 0 Å². The Bertz CT molecular complexity index is 1490. The Hall–Kier alpha value is -4.69. The van der Waals surface area contributed by atoms with Crippen molar-refractivity contribution < 1.29 is 37.1 Å². The quantitative estimate of drug-likeness (QED) is 0.213. The molecule has 1 aliphatic rings. The number of aryl methyl sites for hydroxylation is 1. The number of alkyl halides is 4. The number of benzene rings is 2. The van der Waals surface area contributed by atoms with Gasteiger partial charge in [-0.25, -0.2) is 9.38 Å². The third-order valence-electron chi connectivity index (χ3n) is 6.28. The first-order valence-electron chi connectivity index (χ1n) is 12.6. The van der Waals surface area contributed by atoms with E-state index >= 15 is 0 Å². The van der Waals surface area contributed by atoms with Gasteiger partial charge in [0.1, 0.15) is 6.17 Å². The van der Waals surface area contributed by atoms with Gasteiger partial charge < -0.3 is 26.4 Å². The number of carbonyl (C=O) groups excluding carboxylic acids is 2. The van der Waals surface area contributed by atoms with Gasteiger partial charge in [0.05, 0.1) is 54.9 Å². The third kappa shape index (κ3) is 7.49. The zero-order chi connectivity index (χ0) is 29.7. The second kappa shape index (κ2) is 12.2. The van der Waals surface area contributed by atoms with Crippen molar-refractivity contribution in [3.8, 4) is 0 Å². The van der Waals surface area contributed by atoms with E-state index < -0.39 is 54.7 Å². The molecule has 3 aromatic rings. The van der Waals surface area contributed by atoms with E-state index in [1.54, 1.807) is 13.0 Å². The number of hydrogen-bond acceptors (Lipinski definition) is 7. The van der Waals surface area contributed by atoms with Crippen LogP contribution in [0.25, 0.3) is 10.9 Å². The van der Waals surface area contributed by atoms with Gasteiger partial charge in [-0.05, 0) is 41.8 Å². The fourth-order valence-electron chi connectivity index (χ4n) is 4.27. The zero-order valence-corrected chi connectivity index (χ0v) is 21.7. The number of aliphatic imine (C=N–C) groups is 1. The molecule has 0 fully saturated rings. The molecule has 2 atom stereocenters. The summed E-state index contributed by atoms with van der Waals surface area (Å²) in [5, 5.41) is 27.1. The monoisotopic (exact) mass is 577 g/mol. The Labute approximate surface area is 230 Å². The summed E-state index contributed by atoms with van der Waals surface area (Å²) in [6.45, 7) is 1.12. The number of aliphatic carboxylic acids is 1. The van der Waals surface area contributed by atoms with Gasteiger partial charge in [0, 0.05) is 11.1 Å². The van der Waals surface area contributed by atoms with Crippen LogP contribution in [0.15, 0.2) is 41.5 Å². The van der Waals surface area contributed by atoms with E-state index in [1.165, 1.54) is 18.3 Å². The molecular weight excluding hydrogens is 550 g/mol. The maximum absolute atomic E-state index is 13.4. The summed E-state index contributed by atoms with van der Waals surface area (Å²) >= 11 is 0. The molecule has 2 heterocycles. The Kier molecular flexibility index (Phi) is 8.74. The number of carbonyl (C=O) groups is 3. The van der Waals surface area contributed by atoms with Crippen LogP contribution < -0.4 is 21.3 Å². The van der Waals surface area contributed by atoms with Crippen LogP contribution in [0.5, 0.6) is 0 Å². The lowest BCUT2D eigenvalue weighted by molar-refractivity contribution is -0.138. The van der Waals surface area contributed by atoms with Crippen LogP contribution in [0.3, 0.4) is 0 Å². The predicted octanol–water partition coefficient (Wildman–Crippen LogP) is 2.92. The van der Waals surface area contributed by atoms with E-state index in [0.29, 0.717) is 28.1 Å². The highest BCUT2D eigenvalue weighted by Gasteiger charge is 2.32. The minimum absolute atomic E-state index is 0.0176. The van der Waals surface area contributed by atoms with Crippen LogP contribution in [0.4, 0.5) is 23.2 Å². The van der Waals surface area contributed by atoms with Gasteiger partial charge in [-0.15, -0.1) is 0 Å². The molecule has 6 N–H and O–H groups in total. The molecule has 0 saturated carbocycles. The number of nitrogens with zero attached hydrogens (tertiary/aromatic N) is 2. The van der Waals surface area contributed by atoms with Crippen molar-refractivity contribution in [2.45, 2.75) is 38.2 Å². The summed E-state index contributed by atoms with van der Waals surface area (Å²) in [6, 6.07) is 5.06. The number of nitrogens with one attached hydrogen (secondary N) is 5. The van der Waals surface area contributed by atoms with E-state index in [-0.39, 0.29) is 30.6 Å². The summed E-state index contributed by atoms with van der Waals surface area (Å²) in [5.74, 6) is -2.49. The van der Waals surface area contributed by atoms with Crippen molar-refractivity contribution in [1.29, 1.82) is 0 Å². The number of H-pyrrole nitrogens is 1. The standard InChI is InChI=1S/C26H27F4N7O4/c1-2-13-3-14(5-15(4-13)26(28,29)30)20(8-23(39)40)36-22(38)12-31-24(41)18-6-17(7-21-19(18)11-34-37-21)35-25-32-9-16(27)10-33-25/h3-7,11,16,20H,2,8-10,12H2,1H3,(H,31,41)(H,34,37)(H,36,38)(H,39,40)(H2,32,33,35). The number of hydrogen-bond donors (Lipinski definition) is 6. The molecule has 0 bridgehead atoms. The molecule has 0 aliphatic carbocycles. The summed E-state index contributed by atoms with van der Waals surface area (Å²) in [6.07, 6.45) is -4.77. The topological polar surface area (TPSA) is 161 Å². The van der Waals surface area contributed by atoms with Gasteiger partial charge in [-0.2, -0.15) is 18.3 Å². The molecule has 0 radical (unpaired) electrons. The molecule has 41 heavy (non-hydrogen) atoms. The van der Waals surface area contributed by atoms with Crippen LogP contribution in [-0.2, 0) is 22.2 Å². The molecule has 2 amide bonds. The smallest absolute Gasteiger partial charge is 0.416 e. The first-order valence-corrected chi connectivity index (χ1v) is 12.6. The van der Waals surface area contributed by atoms with E-state index in [1.807, 2.05) is 0 Å². The largest absolute Gasteiger partial charge is 0.481 e. The van der Waals surface area contributed by atoms with Gasteiger partial charge in [-0.3, -0.25) is 19.5 Å². The Morgan fingerprint density at radius 2 is 1.95 bits per heavy atom. The number of halogens is 4. The van der Waals surface area contributed by atoms with E-state index in [4.69, 9.17) is 0 Å². The SMILES string of the molecule is CCc1cc(C(CC(=O)O)NC(=O)CNC(=O)c2cc(NC3=NCC(F)CN3)cc3[nH]ncc23)cc(C(F)(F)F)c1. The molecule has 2 aromatic carbocycles. The molecule has 218 valence electrons. The Morgan fingerprint density at radius 3 is 2.61 bits per heavy atom. The molecule has 4 rings (SSSR count). The number of fused-ring (bicyclic) bond motifs is 1. The zero-order valence-electron chi connectivity index (χ0n) is 21.7. The normalized spacial score (nSPS) is 15.9. The van der Waals surface area contributed by atoms with Crippen LogP contribution in [0.2, 0.25) is 0 Å². The van der Waals surface area contributed by atoms with Crippen molar-refractivity contribution in [2.24, 2.45) is 4.99 Å². The molecule has 15 heteroatoms. The van der Waals surface area contributed by atoms with Crippen LogP contribution in [0, 0.1) is 0 Å². The Morgan fingerprint density at radius 1 is 1.17 bits per heavy atom. The van der Waals surface area contributed by atoms with Crippen LogP contribution >= 0.6 is 0 Å². The second-order valence-corrected chi connectivity index (χ2v) is 9.36. The first kappa shape index (κ1) is 29.3. The van der Waals surface area contributed by atoms with Gasteiger partial charge in [0.2, 0.25) is 5.91 Å². The number of aromatic amines is 1. The van der Waals surface area contributed by atoms with Crippen molar-refractivity contribution in [1.82, 2.24) is 26.1 Å². The maximum atomic E-state index is 13.4. The van der Waals surface area contributed by atoms with E-state index in [9.17, 15) is 37.1 Å². The first-order chi connectivity index (χ1) is 19.4. The molecule has 1 aromatic heterocycles. The lowest BCUT2D eigenvalue weighted by atomic mass is 9.97. The maximum Gasteiger partial charge on any atom is 0.416 e. The number of rotatable bonds is 9. The summed E-state index contributed by atoms with van der Waals surface area (Å²) < 4.78 is 53.6. The molecule has 11 nitrogen and oxygen atoms in total. The summed E-state index contributed by atoms with van der Waals surface area (Å²) in [5.41, 5.74) is 0.403. The minimum atomic E-state index is -4.66. The number of anilines is 1. The number of carboxylic acid groups (broad SMARTS) is 1. The van der Waals surface area contributed by atoms with Crippen molar-refractivity contribution >= 4 is 40.3 Å². The fraction of sp³-hybridized carbons (Fsp3) is 0.346. The highest BCUT2D eigenvalue weighted by Crippen LogP contribution is 2.33. The predicted molar refractivity (Wildman–Crippen MR) is 141 cm³/mol. The van der Waals surface area contributed by atoms with Crippen molar-refractivity contribution in [3.05, 3.63) is 58.8 Å². The van der Waals surface area contributed by atoms with Crippen LogP contribution in [-0.4, -0.2) is 64.9 Å². The lowest BCUT2D eigenvalue weighted by Crippen LogP contribution is -2.41. The van der Waals surface area contributed by atoms with Gasteiger partial charge >= 0.3 is 12.1 Å². The number of amides is 2. The molecule has 0 spiro atoms. The molecular formula is C26H27F4N7O4. The number of aromatic nitrogens is 2. The summed E-state index contributed by atoms with van der Waals surface area (Å²) in [7, 11) is 0. The third-order valence-corrected chi connectivity index (χ3v) is 6.28. The molecule has 1 aliphatic heterocycles. The van der Waals surface area contributed by atoms with E-state index in [2.05, 4.69) is 36.5 Å². The molecule has 2 unspecified atom stereocenters. The second-order valence-electron chi connectivity index (χ2n) is 9.36. The highest BCUT2D eigenvalue weighted by atomic mass is 19.4. The van der Waals surface area contributed by atoms with Gasteiger partial charge in [0.15, 0.2) is 5.96 Å². The fourth-order valence-corrected chi connectivity index (χ4v) is 4.27. The van der Waals surface area contributed by atoms with E-state index in [0.717, 1.165) is 12.1 Å². The molecule has 0 saturated heterocycles.